The van der Waals surface area contributed by atoms with Gasteiger partial charge in [-0.2, -0.15) is 0 Å². The quantitative estimate of drug-likeness (QED) is 0.864. The monoisotopic (exact) mass is 277 g/mol. The minimum atomic E-state index is -0.646. The molecule has 2 rings (SSSR count). The van der Waals surface area contributed by atoms with E-state index in [1.165, 1.54) is 31.2 Å². The Morgan fingerprint density at radius 2 is 1.90 bits per heavy atom. The average Bonchev–Trinajstić information content (AvgIpc) is 2.90. The van der Waals surface area contributed by atoms with Crippen LogP contribution in [-0.4, -0.2) is 17.1 Å². The van der Waals surface area contributed by atoms with Crippen LogP contribution in [0.25, 0.3) is 0 Å². The van der Waals surface area contributed by atoms with Gasteiger partial charge in [0.1, 0.15) is 0 Å². The van der Waals surface area contributed by atoms with Gasteiger partial charge in [0, 0.05) is 12.5 Å². The van der Waals surface area contributed by atoms with Crippen molar-refractivity contribution in [2.75, 3.05) is 0 Å². The Morgan fingerprint density at radius 1 is 1.30 bits per heavy atom. The number of hydrogen-bond donors (Lipinski definition) is 2. The number of carboxylic acids is 1. The molecule has 0 spiro atoms. The van der Waals surface area contributed by atoms with Gasteiger partial charge in [0.15, 0.2) is 0 Å². The Hall–Kier alpha value is -1.35. The molecule has 1 aliphatic rings. The van der Waals surface area contributed by atoms with Gasteiger partial charge < -0.3 is 10.8 Å². The zero-order valence-corrected chi connectivity index (χ0v) is 12.4. The Labute approximate surface area is 122 Å². The van der Waals surface area contributed by atoms with E-state index in [1.807, 2.05) is 25.1 Å². The van der Waals surface area contributed by atoms with Crippen molar-refractivity contribution in [1.29, 1.82) is 0 Å². The number of hydrogen-bond acceptors (Lipinski definition) is 2. The molecular formula is C17H27NO2. The standard InChI is InChI=1S/C9H13N.C8H14O2/c1-8(10)7-9-5-3-2-4-6-9;9-8(10)6-5-7-3-1-2-4-7/h2-6,8H,7,10H2,1H3;7H,1-6H2,(H,9,10). The Bertz CT molecular complexity index is 370. The maximum Gasteiger partial charge on any atom is 0.303 e. The van der Waals surface area contributed by atoms with Crippen LogP contribution in [0.15, 0.2) is 30.3 Å². The molecule has 1 fully saturated rings. The summed E-state index contributed by atoms with van der Waals surface area (Å²) >= 11 is 0. The average molecular weight is 277 g/mol. The zero-order valence-electron chi connectivity index (χ0n) is 12.4. The summed E-state index contributed by atoms with van der Waals surface area (Å²) in [5.41, 5.74) is 6.94. The van der Waals surface area contributed by atoms with Crippen molar-refractivity contribution in [3.05, 3.63) is 35.9 Å². The molecule has 1 saturated carbocycles. The highest BCUT2D eigenvalue weighted by Gasteiger charge is 2.15. The van der Waals surface area contributed by atoms with Gasteiger partial charge in [-0.3, -0.25) is 4.79 Å². The lowest BCUT2D eigenvalue weighted by atomic mass is 10.0. The molecule has 1 aromatic rings. The molecule has 1 unspecified atom stereocenters. The van der Waals surface area contributed by atoms with Crippen LogP contribution < -0.4 is 5.73 Å². The number of rotatable bonds is 5. The molecule has 3 nitrogen and oxygen atoms in total. The predicted molar refractivity (Wildman–Crippen MR) is 82.6 cm³/mol. The van der Waals surface area contributed by atoms with E-state index in [-0.39, 0.29) is 6.04 Å². The lowest BCUT2D eigenvalue weighted by Crippen LogP contribution is -2.17. The van der Waals surface area contributed by atoms with Crippen molar-refractivity contribution in [1.82, 2.24) is 0 Å². The molecule has 0 amide bonds. The highest BCUT2D eigenvalue weighted by Crippen LogP contribution is 2.28. The van der Waals surface area contributed by atoms with Crippen LogP contribution in [0.2, 0.25) is 0 Å². The molecule has 20 heavy (non-hydrogen) atoms. The van der Waals surface area contributed by atoms with Crippen molar-refractivity contribution in [2.24, 2.45) is 11.7 Å². The van der Waals surface area contributed by atoms with E-state index < -0.39 is 5.97 Å². The predicted octanol–water partition coefficient (Wildman–Crippen LogP) is 3.62. The van der Waals surface area contributed by atoms with Gasteiger partial charge in [-0.1, -0.05) is 56.0 Å². The first-order valence-corrected chi connectivity index (χ1v) is 7.59. The maximum absolute atomic E-state index is 10.2. The molecule has 3 heteroatoms. The van der Waals surface area contributed by atoms with Crippen LogP contribution in [0.4, 0.5) is 0 Å². The van der Waals surface area contributed by atoms with Gasteiger partial charge in [0.25, 0.3) is 0 Å². The fourth-order valence-electron chi connectivity index (χ4n) is 2.61. The normalized spacial score (nSPS) is 16.3. The number of carboxylic acid groups (broad SMARTS) is 1. The van der Waals surface area contributed by atoms with Gasteiger partial charge in [0.05, 0.1) is 0 Å². The Balaban J connectivity index is 0.000000200. The van der Waals surface area contributed by atoms with Gasteiger partial charge in [-0.25, -0.2) is 0 Å². The second kappa shape index (κ2) is 9.54. The highest BCUT2D eigenvalue weighted by molar-refractivity contribution is 5.66. The van der Waals surface area contributed by atoms with Crippen LogP contribution >= 0.6 is 0 Å². The summed E-state index contributed by atoms with van der Waals surface area (Å²) in [5.74, 6) is 0.0722. The van der Waals surface area contributed by atoms with Gasteiger partial charge >= 0.3 is 5.97 Å². The molecule has 1 aromatic carbocycles. The molecule has 3 N–H and O–H groups in total. The molecule has 0 bridgehead atoms. The summed E-state index contributed by atoms with van der Waals surface area (Å²) in [7, 11) is 0. The minimum Gasteiger partial charge on any atom is -0.481 e. The maximum atomic E-state index is 10.2. The van der Waals surface area contributed by atoms with Gasteiger partial charge in [0.2, 0.25) is 0 Å². The van der Waals surface area contributed by atoms with Crippen molar-refractivity contribution < 1.29 is 9.90 Å². The van der Waals surface area contributed by atoms with Gasteiger partial charge in [-0.05, 0) is 31.2 Å². The summed E-state index contributed by atoms with van der Waals surface area (Å²) in [4.78, 5) is 10.2. The third-order valence-corrected chi connectivity index (χ3v) is 3.64. The Kier molecular flexibility index (Phi) is 7.97. The van der Waals surface area contributed by atoms with E-state index in [9.17, 15) is 4.79 Å². The first-order valence-electron chi connectivity index (χ1n) is 7.59. The SMILES string of the molecule is CC(N)Cc1ccccc1.O=C(O)CCC1CCCC1. The van der Waals surface area contributed by atoms with Gasteiger partial charge in [-0.15, -0.1) is 0 Å². The second-order valence-electron chi connectivity index (χ2n) is 5.75. The molecule has 0 aliphatic heterocycles. The van der Waals surface area contributed by atoms with E-state index in [2.05, 4.69) is 12.1 Å². The Morgan fingerprint density at radius 3 is 2.40 bits per heavy atom. The molecular weight excluding hydrogens is 250 g/mol. The van der Waals surface area contributed by atoms with Crippen LogP contribution in [0.3, 0.4) is 0 Å². The number of aliphatic carboxylic acids is 1. The third-order valence-electron chi connectivity index (χ3n) is 3.64. The number of nitrogens with two attached hydrogens (primary N) is 1. The summed E-state index contributed by atoms with van der Waals surface area (Å²) in [6.45, 7) is 2.02. The molecule has 112 valence electrons. The van der Waals surface area contributed by atoms with E-state index in [0.717, 1.165) is 18.8 Å². The fourth-order valence-corrected chi connectivity index (χ4v) is 2.61. The summed E-state index contributed by atoms with van der Waals surface area (Å²) in [5, 5.41) is 8.37. The molecule has 0 heterocycles. The van der Waals surface area contributed by atoms with Crippen molar-refractivity contribution in [3.8, 4) is 0 Å². The second-order valence-corrected chi connectivity index (χ2v) is 5.75. The molecule has 0 aromatic heterocycles. The molecule has 0 saturated heterocycles. The first-order chi connectivity index (χ1) is 9.58. The van der Waals surface area contributed by atoms with Crippen molar-refractivity contribution >= 4 is 5.97 Å². The number of carbonyl (C=O) groups is 1. The highest BCUT2D eigenvalue weighted by atomic mass is 16.4. The third kappa shape index (κ3) is 7.95. The summed E-state index contributed by atoms with van der Waals surface area (Å²) < 4.78 is 0. The van der Waals surface area contributed by atoms with E-state index in [0.29, 0.717) is 6.42 Å². The largest absolute Gasteiger partial charge is 0.481 e. The molecule has 1 atom stereocenters. The van der Waals surface area contributed by atoms with E-state index in [1.54, 1.807) is 0 Å². The number of benzene rings is 1. The van der Waals surface area contributed by atoms with Crippen LogP contribution in [-0.2, 0) is 11.2 Å². The van der Waals surface area contributed by atoms with Crippen LogP contribution in [0.5, 0.6) is 0 Å². The first kappa shape index (κ1) is 16.7. The smallest absolute Gasteiger partial charge is 0.303 e. The minimum absolute atomic E-state index is 0.266. The molecule has 1 aliphatic carbocycles. The fraction of sp³-hybridized carbons (Fsp3) is 0.588. The lowest BCUT2D eigenvalue weighted by molar-refractivity contribution is -0.137. The topological polar surface area (TPSA) is 63.3 Å². The lowest BCUT2D eigenvalue weighted by Gasteiger charge is -2.04. The van der Waals surface area contributed by atoms with Crippen LogP contribution in [0, 0.1) is 5.92 Å². The zero-order chi connectivity index (χ0) is 14.8. The summed E-state index contributed by atoms with van der Waals surface area (Å²) in [6.07, 6.45) is 7.37. The van der Waals surface area contributed by atoms with E-state index >= 15 is 0 Å². The van der Waals surface area contributed by atoms with Crippen molar-refractivity contribution in [2.45, 2.75) is 57.9 Å². The van der Waals surface area contributed by atoms with Crippen LogP contribution in [0.1, 0.15) is 51.0 Å². The summed E-state index contributed by atoms with van der Waals surface area (Å²) in [6, 6.07) is 10.6. The van der Waals surface area contributed by atoms with Crippen molar-refractivity contribution in [3.63, 3.8) is 0 Å². The molecule has 0 radical (unpaired) electrons. The van der Waals surface area contributed by atoms with E-state index in [4.69, 9.17) is 10.8 Å².